The number of aryl methyl sites for hydroxylation is 1. The lowest BCUT2D eigenvalue weighted by Crippen LogP contribution is -2.21. The third-order valence-corrected chi connectivity index (χ3v) is 4.53. The van der Waals surface area contributed by atoms with Gasteiger partial charge in [-0.25, -0.2) is 0 Å². The summed E-state index contributed by atoms with van der Waals surface area (Å²) in [6.07, 6.45) is 1.57. The van der Waals surface area contributed by atoms with Crippen LogP contribution in [0.5, 0.6) is 5.75 Å². The standard InChI is InChI=1S/C20H18Cl2N4O3/c1-23-20(28)18-16(10-26(2)25-18)24-19(27)13-5-3-4-12(8-13)11-29-17-7-6-14(21)9-15(17)22/h3-10H,11H2,1-2H3,(H,23,28)(H,24,27). The van der Waals surface area contributed by atoms with Gasteiger partial charge < -0.3 is 15.4 Å². The van der Waals surface area contributed by atoms with E-state index >= 15 is 0 Å². The molecule has 7 nitrogen and oxygen atoms in total. The molecule has 9 heteroatoms. The van der Waals surface area contributed by atoms with Crippen LogP contribution >= 0.6 is 23.2 Å². The predicted octanol–water partition coefficient (Wildman–Crippen LogP) is 3.92. The Kier molecular flexibility index (Phi) is 6.41. The molecule has 0 atom stereocenters. The highest BCUT2D eigenvalue weighted by molar-refractivity contribution is 6.35. The van der Waals surface area contributed by atoms with Gasteiger partial charge in [0.05, 0.1) is 10.7 Å². The highest BCUT2D eigenvalue weighted by Gasteiger charge is 2.17. The van der Waals surface area contributed by atoms with Gasteiger partial charge in [0, 0.05) is 30.9 Å². The molecule has 0 aliphatic rings. The van der Waals surface area contributed by atoms with E-state index in [9.17, 15) is 9.59 Å². The molecule has 2 N–H and O–H groups in total. The normalized spacial score (nSPS) is 10.5. The monoisotopic (exact) mass is 432 g/mol. The molecule has 2 amide bonds. The van der Waals surface area contributed by atoms with Crippen LogP contribution < -0.4 is 15.4 Å². The van der Waals surface area contributed by atoms with Gasteiger partial charge in [0.25, 0.3) is 11.8 Å². The fourth-order valence-corrected chi connectivity index (χ4v) is 3.08. The summed E-state index contributed by atoms with van der Waals surface area (Å²) in [5.41, 5.74) is 1.66. The molecule has 150 valence electrons. The number of carbonyl (C=O) groups excluding carboxylic acids is 2. The maximum Gasteiger partial charge on any atom is 0.273 e. The van der Waals surface area contributed by atoms with Gasteiger partial charge in [-0.1, -0.05) is 35.3 Å². The Morgan fingerprint density at radius 3 is 2.66 bits per heavy atom. The molecule has 29 heavy (non-hydrogen) atoms. The quantitative estimate of drug-likeness (QED) is 0.617. The lowest BCUT2D eigenvalue weighted by atomic mass is 10.1. The topological polar surface area (TPSA) is 85.3 Å². The summed E-state index contributed by atoms with van der Waals surface area (Å²) in [4.78, 5) is 24.6. The molecule has 3 aromatic rings. The minimum Gasteiger partial charge on any atom is -0.487 e. The Labute approximate surface area is 177 Å². The number of nitrogens with zero attached hydrogens (tertiary/aromatic N) is 2. The van der Waals surface area contributed by atoms with Gasteiger partial charge in [0.1, 0.15) is 12.4 Å². The second-order valence-electron chi connectivity index (χ2n) is 6.16. The summed E-state index contributed by atoms with van der Waals surface area (Å²) >= 11 is 12.0. The Morgan fingerprint density at radius 1 is 1.14 bits per heavy atom. The number of anilines is 1. The molecule has 1 aromatic heterocycles. The van der Waals surface area contributed by atoms with E-state index < -0.39 is 0 Å². The maximum atomic E-state index is 12.6. The van der Waals surface area contributed by atoms with Gasteiger partial charge >= 0.3 is 0 Å². The first kappa shape index (κ1) is 20.7. The molecule has 0 fully saturated rings. The van der Waals surface area contributed by atoms with Crippen LogP contribution in [0.3, 0.4) is 0 Å². The number of ether oxygens (including phenoxy) is 1. The average molecular weight is 433 g/mol. The lowest BCUT2D eigenvalue weighted by Gasteiger charge is -2.10. The molecule has 0 saturated carbocycles. The van der Waals surface area contributed by atoms with Crippen molar-refractivity contribution in [3.05, 3.63) is 75.5 Å². The number of rotatable bonds is 6. The van der Waals surface area contributed by atoms with Crippen molar-refractivity contribution in [2.45, 2.75) is 6.61 Å². The van der Waals surface area contributed by atoms with Crippen LogP contribution in [0.15, 0.2) is 48.7 Å². The SMILES string of the molecule is CNC(=O)c1nn(C)cc1NC(=O)c1cccc(COc2ccc(Cl)cc2Cl)c1. The van der Waals surface area contributed by atoms with Gasteiger partial charge in [-0.3, -0.25) is 14.3 Å². The zero-order valence-corrected chi connectivity index (χ0v) is 17.2. The molecule has 0 aliphatic carbocycles. The molecule has 0 unspecified atom stereocenters. The van der Waals surface area contributed by atoms with Gasteiger partial charge in [-0.15, -0.1) is 0 Å². The van der Waals surface area contributed by atoms with Gasteiger partial charge in [0.2, 0.25) is 0 Å². The zero-order chi connectivity index (χ0) is 21.0. The van der Waals surface area contributed by atoms with Crippen LogP contribution in [0.25, 0.3) is 0 Å². The molecular formula is C20H18Cl2N4O3. The summed E-state index contributed by atoms with van der Waals surface area (Å²) in [5, 5.41) is 10.2. The van der Waals surface area contributed by atoms with Gasteiger partial charge in [-0.2, -0.15) is 5.10 Å². The lowest BCUT2D eigenvalue weighted by molar-refractivity contribution is 0.0958. The Morgan fingerprint density at radius 2 is 1.93 bits per heavy atom. The van der Waals surface area contributed by atoms with Crippen LogP contribution in [0, 0.1) is 0 Å². The Hall–Kier alpha value is -3.03. The minimum atomic E-state index is -0.386. The number of hydrogen-bond acceptors (Lipinski definition) is 4. The van der Waals surface area contributed by atoms with Crippen molar-refractivity contribution in [2.24, 2.45) is 7.05 Å². The van der Waals surface area contributed by atoms with E-state index in [0.717, 1.165) is 5.56 Å². The van der Waals surface area contributed by atoms with Crippen molar-refractivity contribution in [1.29, 1.82) is 0 Å². The largest absolute Gasteiger partial charge is 0.487 e. The second kappa shape index (κ2) is 8.98. The Bertz CT molecular complexity index is 1070. The zero-order valence-electron chi connectivity index (χ0n) is 15.7. The van der Waals surface area contributed by atoms with E-state index in [1.165, 1.54) is 11.7 Å². The van der Waals surface area contributed by atoms with Crippen LogP contribution in [0.1, 0.15) is 26.4 Å². The number of benzene rings is 2. The van der Waals surface area contributed by atoms with E-state index in [1.54, 1.807) is 49.6 Å². The number of nitrogens with one attached hydrogen (secondary N) is 2. The molecule has 0 saturated heterocycles. The molecule has 0 spiro atoms. The fourth-order valence-electron chi connectivity index (χ4n) is 2.62. The molecule has 0 bridgehead atoms. The number of carbonyl (C=O) groups is 2. The molecule has 3 rings (SSSR count). The molecule has 1 heterocycles. The summed E-state index contributed by atoms with van der Waals surface area (Å²) in [6, 6.07) is 11.9. The van der Waals surface area contributed by atoms with Crippen LogP contribution in [0.2, 0.25) is 10.0 Å². The van der Waals surface area contributed by atoms with Gasteiger partial charge in [0.15, 0.2) is 5.69 Å². The van der Waals surface area contributed by atoms with Crippen LogP contribution in [-0.4, -0.2) is 28.6 Å². The van der Waals surface area contributed by atoms with Crippen LogP contribution in [0.4, 0.5) is 5.69 Å². The number of amides is 2. The number of aromatic nitrogens is 2. The van der Waals surface area contributed by atoms with E-state index in [4.69, 9.17) is 27.9 Å². The number of hydrogen-bond donors (Lipinski definition) is 2. The highest BCUT2D eigenvalue weighted by Crippen LogP contribution is 2.28. The highest BCUT2D eigenvalue weighted by atomic mass is 35.5. The predicted molar refractivity (Wildman–Crippen MR) is 112 cm³/mol. The molecule has 0 aliphatic heterocycles. The van der Waals surface area contributed by atoms with Crippen molar-refractivity contribution < 1.29 is 14.3 Å². The smallest absolute Gasteiger partial charge is 0.273 e. The summed E-state index contributed by atoms with van der Waals surface area (Å²) in [7, 11) is 3.17. The van der Waals surface area contributed by atoms with Crippen molar-refractivity contribution in [2.75, 3.05) is 12.4 Å². The first-order valence-corrected chi connectivity index (χ1v) is 9.37. The van der Waals surface area contributed by atoms with E-state index in [1.807, 2.05) is 6.07 Å². The number of halogens is 2. The average Bonchev–Trinajstić information content (AvgIpc) is 3.07. The summed E-state index contributed by atoms with van der Waals surface area (Å²) in [5.74, 6) is -0.256. The van der Waals surface area contributed by atoms with Gasteiger partial charge in [-0.05, 0) is 35.9 Å². The van der Waals surface area contributed by atoms with Crippen molar-refractivity contribution >= 4 is 40.7 Å². The third kappa shape index (κ3) is 5.07. The van der Waals surface area contributed by atoms with E-state index in [-0.39, 0.29) is 24.1 Å². The third-order valence-electron chi connectivity index (χ3n) is 4.00. The fraction of sp³-hybridized carbons (Fsp3) is 0.150. The first-order valence-electron chi connectivity index (χ1n) is 8.61. The molecular weight excluding hydrogens is 415 g/mol. The second-order valence-corrected chi connectivity index (χ2v) is 7.01. The summed E-state index contributed by atoms with van der Waals surface area (Å²) in [6.45, 7) is 0.221. The Balaban J connectivity index is 1.72. The van der Waals surface area contributed by atoms with Crippen molar-refractivity contribution in [3.63, 3.8) is 0 Å². The van der Waals surface area contributed by atoms with Crippen LogP contribution in [-0.2, 0) is 13.7 Å². The minimum absolute atomic E-state index is 0.139. The van der Waals surface area contributed by atoms with Crippen molar-refractivity contribution in [3.8, 4) is 5.75 Å². The van der Waals surface area contributed by atoms with E-state index in [2.05, 4.69) is 15.7 Å². The molecule has 2 aromatic carbocycles. The first-order chi connectivity index (χ1) is 13.9. The molecule has 0 radical (unpaired) electrons. The van der Waals surface area contributed by atoms with E-state index in [0.29, 0.717) is 27.0 Å². The van der Waals surface area contributed by atoms with Crippen molar-refractivity contribution in [1.82, 2.24) is 15.1 Å². The maximum absolute atomic E-state index is 12.6. The summed E-state index contributed by atoms with van der Waals surface area (Å²) < 4.78 is 7.17.